The van der Waals surface area contributed by atoms with Crippen molar-refractivity contribution in [2.24, 2.45) is 0 Å². The van der Waals surface area contributed by atoms with Crippen LogP contribution in [0.5, 0.6) is 0 Å². The molecule has 0 aliphatic heterocycles. The summed E-state index contributed by atoms with van der Waals surface area (Å²) in [6.45, 7) is 2.63. The zero-order chi connectivity index (χ0) is 9.52. The van der Waals surface area contributed by atoms with Crippen LogP contribution in [0.2, 0.25) is 0 Å². The van der Waals surface area contributed by atoms with Crippen molar-refractivity contribution < 1.29 is 4.79 Å². The third kappa shape index (κ3) is 3.80. The predicted molar refractivity (Wildman–Crippen MR) is 51.5 cm³/mol. The van der Waals surface area contributed by atoms with E-state index in [1.54, 1.807) is 6.20 Å². The Hall–Kier alpha value is -1.22. The van der Waals surface area contributed by atoms with Gasteiger partial charge in [0.25, 0.3) is 0 Å². The molecule has 0 bridgehead atoms. The molecule has 1 N–H and O–H groups in total. The van der Waals surface area contributed by atoms with Crippen molar-refractivity contribution in [2.45, 2.75) is 19.4 Å². The third-order valence-electron chi connectivity index (χ3n) is 1.78. The Kier molecular flexibility index (Phi) is 4.12. The van der Waals surface area contributed by atoms with Crippen molar-refractivity contribution in [1.82, 2.24) is 10.3 Å². The molecule has 0 aliphatic rings. The van der Waals surface area contributed by atoms with E-state index in [0.717, 1.165) is 24.9 Å². The molecular formula is C10H14N2O. The SMILES string of the molecule is CC(C=O)NCCc1ccccn1. The lowest BCUT2D eigenvalue weighted by Crippen LogP contribution is -2.29. The second kappa shape index (κ2) is 5.43. The first-order valence-corrected chi connectivity index (χ1v) is 4.41. The van der Waals surface area contributed by atoms with Crippen LogP contribution >= 0.6 is 0 Å². The van der Waals surface area contributed by atoms with Crippen LogP contribution in [0.3, 0.4) is 0 Å². The molecule has 0 aliphatic carbocycles. The molecule has 1 aromatic rings. The van der Waals surface area contributed by atoms with Gasteiger partial charge in [-0.25, -0.2) is 0 Å². The molecule has 0 spiro atoms. The van der Waals surface area contributed by atoms with Gasteiger partial charge in [0.05, 0.1) is 6.04 Å². The summed E-state index contributed by atoms with van der Waals surface area (Å²) in [6, 6.07) is 5.77. The van der Waals surface area contributed by atoms with Crippen LogP contribution in [-0.4, -0.2) is 23.9 Å². The molecule has 1 rings (SSSR count). The van der Waals surface area contributed by atoms with E-state index in [9.17, 15) is 4.79 Å². The number of rotatable bonds is 5. The summed E-state index contributed by atoms with van der Waals surface area (Å²) in [5.41, 5.74) is 1.05. The Labute approximate surface area is 78.2 Å². The molecule has 13 heavy (non-hydrogen) atoms. The number of hydrogen-bond donors (Lipinski definition) is 1. The van der Waals surface area contributed by atoms with Gasteiger partial charge in [-0.05, 0) is 19.1 Å². The number of pyridine rings is 1. The fourth-order valence-electron chi connectivity index (χ4n) is 1.02. The van der Waals surface area contributed by atoms with Gasteiger partial charge in [-0.2, -0.15) is 0 Å². The molecule has 0 saturated heterocycles. The molecule has 3 heteroatoms. The van der Waals surface area contributed by atoms with Gasteiger partial charge >= 0.3 is 0 Å². The maximum absolute atomic E-state index is 10.3. The van der Waals surface area contributed by atoms with Crippen LogP contribution < -0.4 is 5.32 Å². The third-order valence-corrected chi connectivity index (χ3v) is 1.78. The van der Waals surface area contributed by atoms with Crippen LogP contribution in [0.25, 0.3) is 0 Å². The van der Waals surface area contributed by atoms with Crippen LogP contribution in [0.4, 0.5) is 0 Å². The van der Waals surface area contributed by atoms with Gasteiger partial charge < -0.3 is 10.1 Å². The van der Waals surface area contributed by atoms with E-state index >= 15 is 0 Å². The highest BCUT2D eigenvalue weighted by molar-refractivity contribution is 5.56. The highest BCUT2D eigenvalue weighted by Crippen LogP contribution is 1.93. The summed E-state index contributed by atoms with van der Waals surface area (Å²) in [6.07, 6.45) is 3.54. The Bertz CT molecular complexity index is 248. The zero-order valence-electron chi connectivity index (χ0n) is 7.73. The minimum absolute atomic E-state index is 0.0660. The second-order valence-corrected chi connectivity index (χ2v) is 2.95. The van der Waals surface area contributed by atoms with Crippen molar-refractivity contribution in [2.75, 3.05) is 6.54 Å². The first-order chi connectivity index (χ1) is 6.33. The molecule has 1 unspecified atom stereocenters. The largest absolute Gasteiger partial charge is 0.308 e. The lowest BCUT2D eigenvalue weighted by molar-refractivity contribution is -0.109. The van der Waals surface area contributed by atoms with Gasteiger partial charge in [0, 0.05) is 24.9 Å². The van der Waals surface area contributed by atoms with Crippen LogP contribution in [-0.2, 0) is 11.2 Å². The normalized spacial score (nSPS) is 12.4. The monoisotopic (exact) mass is 178 g/mol. The van der Waals surface area contributed by atoms with Gasteiger partial charge in [-0.3, -0.25) is 4.98 Å². The Morgan fingerprint density at radius 1 is 1.62 bits per heavy atom. The van der Waals surface area contributed by atoms with Crippen molar-refractivity contribution in [1.29, 1.82) is 0 Å². The first kappa shape index (κ1) is 9.86. The molecule has 1 atom stereocenters. The Morgan fingerprint density at radius 2 is 2.46 bits per heavy atom. The summed E-state index contributed by atoms with van der Waals surface area (Å²) >= 11 is 0. The molecular weight excluding hydrogens is 164 g/mol. The van der Waals surface area contributed by atoms with E-state index < -0.39 is 0 Å². The molecule has 1 aromatic heterocycles. The van der Waals surface area contributed by atoms with Gasteiger partial charge in [-0.15, -0.1) is 0 Å². The minimum Gasteiger partial charge on any atom is -0.308 e. The molecule has 0 fully saturated rings. The van der Waals surface area contributed by atoms with E-state index in [4.69, 9.17) is 0 Å². The summed E-state index contributed by atoms with van der Waals surface area (Å²) in [5.74, 6) is 0. The number of nitrogens with zero attached hydrogens (tertiary/aromatic N) is 1. The lowest BCUT2D eigenvalue weighted by Gasteiger charge is -2.05. The van der Waals surface area contributed by atoms with E-state index in [-0.39, 0.29) is 6.04 Å². The van der Waals surface area contributed by atoms with Crippen molar-refractivity contribution >= 4 is 6.29 Å². The summed E-state index contributed by atoms with van der Waals surface area (Å²) < 4.78 is 0. The van der Waals surface area contributed by atoms with Gasteiger partial charge in [0.2, 0.25) is 0 Å². The smallest absolute Gasteiger partial charge is 0.136 e. The molecule has 0 saturated carbocycles. The fraction of sp³-hybridized carbons (Fsp3) is 0.400. The number of carbonyl (C=O) groups is 1. The number of aldehydes is 1. The fourth-order valence-corrected chi connectivity index (χ4v) is 1.02. The molecule has 0 amide bonds. The minimum atomic E-state index is -0.0660. The molecule has 0 aromatic carbocycles. The number of nitrogens with one attached hydrogen (secondary N) is 1. The van der Waals surface area contributed by atoms with Crippen molar-refractivity contribution in [3.05, 3.63) is 30.1 Å². The lowest BCUT2D eigenvalue weighted by atomic mass is 10.2. The number of aromatic nitrogens is 1. The first-order valence-electron chi connectivity index (χ1n) is 4.41. The summed E-state index contributed by atoms with van der Waals surface area (Å²) in [5, 5.41) is 3.07. The summed E-state index contributed by atoms with van der Waals surface area (Å²) in [4.78, 5) is 14.4. The van der Waals surface area contributed by atoms with Gasteiger partial charge in [0.1, 0.15) is 6.29 Å². The second-order valence-electron chi connectivity index (χ2n) is 2.95. The van der Waals surface area contributed by atoms with Crippen LogP contribution in [0.15, 0.2) is 24.4 Å². The maximum Gasteiger partial charge on any atom is 0.136 e. The van der Waals surface area contributed by atoms with Crippen LogP contribution in [0.1, 0.15) is 12.6 Å². The molecule has 3 nitrogen and oxygen atoms in total. The topological polar surface area (TPSA) is 42.0 Å². The highest BCUT2D eigenvalue weighted by Gasteiger charge is 1.97. The van der Waals surface area contributed by atoms with E-state index in [2.05, 4.69) is 10.3 Å². The number of hydrogen-bond acceptors (Lipinski definition) is 3. The molecule has 1 heterocycles. The quantitative estimate of drug-likeness (QED) is 0.678. The molecule has 70 valence electrons. The zero-order valence-corrected chi connectivity index (χ0v) is 7.73. The van der Waals surface area contributed by atoms with E-state index in [0.29, 0.717) is 0 Å². The predicted octanol–water partition coefficient (Wildman–Crippen LogP) is 0.801. The Morgan fingerprint density at radius 3 is 3.08 bits per heavy atom. The average molecular weight is 178 g/mol. The van der Waals surface area contributed by atoms with E-state index in [1.165, 1.54) is 0 Å². The van der Waals surface area contributed by atoms with Gasteiger partial charge in [0.15, 0.2) is 0 Å². The van der Waals surface area contributed by atoms with Gasteiger partial charge in [-0.1, -0.05) is 6.07 Å². The number of carbonyl (C=O) groups excluding carboxylic acids is 1. The highest BCUT2D eigenvalue weighted by atomic mass is 16.1. The molecule has 0 radical (unpaired) electrons. The summed E-state index contributed by atoms with van der Waals surface area (Å²) in [7, 11) is 0. The van der Waals surface area contributed by atoms with Crippen molar-refractivity contribution in [3.8, 4) is 0 Å². The average Bonchev–Trinajstić information content (AvgIpc) is 2.19. The van der Waals surface area contributed by atoms with Crippen LogP contribution in [0, 0.1) is 0 Å². The van der Waals surface area contributed by atoms with Crippen molar-refractivity contribution in [3.63, 3.8) is 0 Å². The van der Waals surface area contributed by atoms with E-state index in [1.807, 2.05) is 25.1 Å². The Balaban J connectivity index is 2.24. The standard InChI is InChI=1S/C10H14N2O/c1-9(8-13)11-7-5-10-4-2-3-6-12-10/h2-4,6,8-9,11H,5,7H2,1H3. The maximum atomic E-state index is 10.3.